The smallest absolute Gasteiger partial charge is 0.0445 e. The zero-order valence-electron chi connectivity index (χ0n) is 11.7. The maximum Gasteiger partial charge on any atom is 0.0445 e. The van der Waals surface area contributed by atoms with Crippen molar-refractivity contribution >= 4 is 34.0 Å². The van der Waals surface area contributed by atoms with Crippen LogP contribution < -0.4 is 0 Å². The summed E-state index contributed by atoms with van der Waals surface area (Å²) in [6.07, 6.45) is 0. The highest BCUT2D eigenvalue weighted by Crippen LogP contribution is 2.32. The highest BCUT2D eigenvalue weighted by molar-refractivity contribution is 7.22. The van der Waals surface area contributed by atoms with Crippen LogP contribution in [0.25, 0.3) is 9.75 Å². The van der Waals surface area contributed by atoms with Crippen molar-refractivity contribution in [2.45, 2.75) is 27.7 Å². The molecule has 0 aliphatic rings. The fraction of sp³-hybridized carbons (Fsp3) is 0.250. The normalized spacial score (nSPS) is 10.1. The average molecular weight is 307 g/mol. The van der Waals surface area contributed by atoms with Crippen molar-refractivity contribution in [1.82, 2.24) is 0 Å². The van der Waals surface area contributed by atoms with Crippen molar-refractivity contribution in [2.75, 3.05) is 0 Å². The Morgan fingerprint density at radius 1 is 0.474 bits per heavy atom. The predicted molar refractivity (Wildman–Crippen MR) is 90.9 cm³/mol. The van der Waals surface area contributed by atoms with E-state index in [-0.39, 0.29) is 0 Å². The molecule has 0 atom stereocenters. The molecule has 3 aromatic heterocycles. The van der Waals surface area contributed by atoms with Crippen LogP contribution in [0.2, 0.25) is 0 Å². The Bertz CT molecular complexity index is 586. The Kier molecular flexibility index (Phi) is 4.97. The quantitative estimate of drug-likeness (QED) is 0.484. The first-order chi connectivity index (χ1) is 9.04. The van der Waals surface area contributed by atoms with E-state index in [4.69, 9.17) is 0 Å². The molecular weight excluding hydrogens is 288 g/mol. The Hall–Kier alpha value is -0.900. The third-order valence-corrected chi connectivity index (χ3v) is 5.71. The van der Waals surface area contributed by atoms with E-state index in [1.807, 2.05) is 34.0 Å². The number of aryl methyl sites for hydroxylation is 4. The van der Waals surface area contributed by atoms with Gasteiger partial charge in [0.05, 0.1) is 0 Å². The lowest BCUT2D eigenvalue weighted by molar-refractivity contribution is 1.61. The molecular formula is C16H18S3. The van der Waals surface area contributed by atoms with Gasteiger partial charge < -0.3 is 0 Å². The van der Waals surface area contributed by atoms with E-state index in [0.29, 0.717) is 0 Å². The molecule has 3 heteroatoms. The summed E-state index contributed by atoms with van der Waals surface area (Å²) < 4.78 is 0. The lowest BCUT2D eigenvalue weighted by Crippen LogP contribution is -1.55. The highest BCUT2D eigenvalue weighted by Gasteiger charge is 2.01. The molecule has 19 heavy (non-hydrogen) atoms. The lowest BCUT2D eigenvalue weighted by Gasteiger charge is -1.87. The molecule has 0 radical (unpaired) electrons. The predicted octanol–water partition coefficient (Wildman–Crippen LogP) is 6.46. The van der Waals surface area contributed by atoms with Gasteiger partial charge in [0, 0.05) is 29.3 Å². The molecule has 0 bridgehead atoms. The number of hydrogen-bond donors (Lipinski definition) is 0. The molecule has 0 saturated carbocycles. The molecule has 0 unspecified atom stereocenters. The monoisotopic (exact) mass is 306 g/mol. The van der Waals surface area contributed by atoms with Crippen molar-refractivity contribution in [1.29, 1.82) is 0 Å². The Morgan fingerprint density at radius 2 is 0.789 bits per heavy atom. The molecule has 0 nitrogen and oxygen atoms in total. The van der Waals surface area contributed by atoms with E-state index in [0.717, 1.165) is 0 Å². The summed E-state index contributed by atoms with van der Waals surface area (Å²) in [7, 11) is 0. The maximum absolute atomic E-state index is 2.20. The minimum absolute atomic E-state index is 1.39. The number of thiophene rings is 3. The van der Waals surface area contributed by atoms with E-state index < -0.39 is 0 Å². The van der Waals surface area contributed by atoms with Crippen LogP contribution in [0.5, 0.6) is 0 Å². The zero-order chi connectivity index (χ0) is 13.8. The Balaban J connectivity index is 0.000000163. The van der Waals surface area contributed by atoms with Crippen LogP contribution in [0.1, 0.15) is 19.5 Å². The zero-order valence-corrected chi connectivity index (χ0v) is 14.1. The summed E-state index contributed by atoms with van der Waals surface area (Å²) in [4.78, 5) is 8.36. The van der Waals surface area contributed by atoms with Crippen LogP contribution in [0, 0.1) is 27.7 Å². The summed E-state index contributed by atoms with van der Waals surface area (Å²) >= 11 is 5.57. The standard InChI is InChI=1S/C10H10S2.C6H8S/c1-7-3-5-9(11-7)10-6-4-8(2)12-10;1-5-3-4-6(2)7-5/h3-6H,1-2H3;3-4H,1-2H3. The van der Waals surface area contributed by atoms with Crippen LogP contribution in [0.3, 0.4) is 0 Å². The molecule has 0 fully saturated rings. The van der Waals surface area contributed by atoms with Crippen LogP contribution >= 0.6 is 34.0 Å². The second-order valence-electron chi connectivity index (χ2n) is 4.48. The first-order valence-electron chi connectivity index (χ1n) is 6.21. The van der Waals surface area contributed by atoms with Crippen molar-refractivity contribution in [3.8, 4) is 9.75 Å². The van der Waals surface area contributed by atoms with Gasteiger partial charge in [-0.2, -0.15) is 0 Å². The molecule has 0 spiro atoms. The van der Waals surface area contributed by atoms with Gasteiger partial charge in [-0.15, -0.1) is 34.0 Å². The fourth-order valence-electron chi connectivity index (χ4n) is 1.69. The summed E-state index contributed by atoms with van der Waals surface area (Å²) in [5.41, 5.74) is 0. The summed E-state index contributed by atoms with van der Waals surface area (Å²) in [6.45, 7) is 8.54. The second kappa shape index (κ2) is 6.51. The van der Waals surface area contributed by atoms with Gasteiger partial charge in [0.1, 0.15) is 0 Å². The third kappa shape index (κ3) is 4.30. The van der Waals surface area contributed by atoms with Crippen molar-refractivity contribution in [3.05, 3.63) is 55.9 Å². The number of rotatable bonds is 1. The molecule has 0 saturated heterocycles. The van der Waals surface area contributed by atoms with Gasteiger partial charge in [-0.05, 0) is 64.1 Å². The van der Waals surface area contributed by atoms with Crippen molar-refractivity contribution in [2.24, 2.45) is 0 Å². The van der Waals surface area contributed by atoms with Gasteiger partial charge in [0.15, 0.2) is 0 Å². The Labute approximate surface area is 127 Å². The van der Waals surface area contributed by atoms with Crippen LogP contribution in [0.4, 0.5) is 0 Å². The molecule has 0 aliphatic carbocycles. The minimum atomic E-state index is 1.39. The van der Waals surface area contributed by atoms with E-state index in [9.17, 15) is 0 Å². The van der Waals surface area contributed by atoms with Gasteiger partial charge in [-0.3, -0.25) is 0 Å². The highest BCUT2D eigenvalue weighted by atomic mass is 32.1. The summed E-state index contributed by atoms with van der Waals surface area (Å²) in [6, 6.07) is 13.0. The minimum Gasteiger partial charge on any atom is -0.146 e. The lowest BCUT2D eigenvalue weighted by atomic mass is 10.3. The van der Waals surface area contributed by atoms with Gasteiger partial charge in [0.25, 0.3) is 0 Å². The van der Waals surface area contributed by atoms with Gasteiger partial charge in [-0.25, -0.2) is 0 Å². The third-order valence-electron chi connectivity index (χ3n) is 2.60. The fourth-order valence-corrected chi connectivity index (χ4v) is 4.30. The van der Waals surface area contributed by atoms with Gasteiger partial charge >= 0.3 is 0 Å². The molecule has 0 aromatic carbocycles. The maximum atomic E-state index is 2.20. The van der Waals surface area contributed by atoms with Crippen LogP contribution in [0.15, 0.2) is 36.4 Å². The first-order valence-corrected chi connectivity index (χ1v) is 8.66. The van der Waals surface area contributed by atoms with Crippen LogP contribution in [-0.2, 0) is 0 Å². The molecule has 100 valence electrons. The first kappa shape index (κ1) is 14.5. The van der Waals surface area contributed by atoms with Gasteiger partial charge in [0.2, 0.25) is 0 Å². The largest absolute Gasteiger partial charge is 0.146 e. The van der Waals surface area contributed by atoms with Crippen LogP contribution in [-0.4, -0.2) is 0 Å². The summed E-state index contributed by atoms with van der Waals surface area (Å²) in [5, 5.41) is 0. The second-order valence-corrected chi connectivity index (χ2v) is 8.55. The van der Waals surface area contributed by atoms with Gasteiger partial charge in [-0.1, -0.05) is 0 Å². The molecule has 0 amide bonds. The molecule has 0 N–H and O–H groups in total. The van der Waals surface area contributed by atoms with E-state index in [1.54, 1.807) is 0 Å². The average Bonchev–Trinajstić information content (AvgIpc) is 3.03. The molecule has 3 rings (SSSR count). The topological polar surface area (TPSA) is 0 Å². The number of hydrogen-bond acceptors (Lipinski definition) is 3. The Morgan fingerprint density at radius 3 is 1.00 bits per heavy atom. The van der Waals surface area contributed by atoms with Crippen molar-refractivity contribution < 1.29 is 0 Å². The SMILES string of the molecule is Cc1ccc(-c2ccc(C)s2)s1.Cc1ccc(C)s1. The molecule has 3 heterocycles. The van der Waals surface area contributed by atoms with E-state index >= 15 is 0 Å². The summed E-state index contributed by atoms with van der Waals surface area (Å²) in [5.74, 6) is 0. The van der Waals surface area contributed by atoms with Crippen molar-refractivity contribution in [3.63, 3.8) is 0 Å². The van der Waals surface area contributed by atoms with E-state index in [2.05, 4.69) is 64.1 Å². The molecule has 3 aromatic rings. The molecule has 0 aliphatic heterocycles. The van der Waals surface area contributed by atoms with E-state index in [1.165, 1.54) is 29.3 Å².